The molecule has 6 rings (SSSR count). The number of benzene rings is 1. The molecule has 6 heteroatoms. The van der Waals surface area contributed by atoms with E-state index in [4.69, 9.17) is 4.74 Å². The van der Waals surface area contributed by atoms with Crippen LogP contribution < -0.4 is 0 Å². The second-order valence-corrected chi connectivity index (χ2v) is 16.6. The van der Waals surface area contributed by atoms with Gasteiger partial charge < -0.3 is 20.1 Å². The maximum absolute atomic E-state index is 13.0. The number of carbonyl (C=O) groups is 2. The third kappa shape index (κ3) is 4.52. The average Bonchev–Trinajstić information content (AvgIpc) is 2.96. The van der Waals surface area contributed by atoms with Gasteiger partial charge >= 0.3 is 11.9 Å². The lowest BCUT2D eigenvalue weighted by Crippen LogP contribution is -2.67. The molecule has 1 aromatic rings. The Kier molecular flexibility index (Phi) is 7.55. The Bertz CT molecular complexity index is 1470. The molecular formula is C39H52O6. The summed E-state index contributed by atoms with van der Waals surface area (Å²) < 4.78 is 6.03. The van der Waals surface area contributed by atoms with Crippen LogP contribution in [0.25, 0.3) is 6.08 Å². The monoisotopic (exact) mass is 616 g/mol. The Hall–Kier alpha value is -2.86. The smallest absolute Gasteiger partial charge is 0.331 e. The number of phenols is 1. The summed E-state index contributed by atoms with van der Waals surface area (Å²) in [6.07, 6.45) is 10.4. The molecule has 4 fully saturated rings. The van der Waals surface area contributed by atoms with Crippen molar-refractivity contribution in [2.45, 2.75) is 105 Å². The SMILES string of the molecule is C=C1CC[C@]2(C(=O)O)CC[C@]3(C)C(=CC[C@@H]4[C@@]5(C)CC(O)C(OC(=O)/C=C\c6cccc(O)c6)C(C)(C)[C@@H]5CC[C@]43C)[C@@H]2[C@H]1C. The second-order valence-electron chi connectivity index (χ2n) is 16.6. The van der Waals surface area contributed by atoms with E-state index in [0.29, 0.717) is 30.7 Å². The summed E-state index contributed by atoms with van der Waals surface area (Å²) in [6.45, 7) is 18.1. The van der Waals surface area contributed by atoms with Gasteiger partial charge in [0.15, 0.2) is 0 Å². The zero-order valence-corrected chi connectivity index (χ0v) is 27.9. The Morgan fingerprint density at radius 3 is 2.47 bits per heavy atom. The average molecular weight is 617 g/mol. The molecule has 0 aliphatic heterocycles. The minimum absolute atomic E-state index is 0.0246. The van der Waals surface area contributed by atoms with Crippen LogP contribution in [0.4, 0.5) is 0 Å². The number of phenolic OH excluding ortho intramolecular Hbond substituents is 1. The standard InChI is InChI=1S/C39H52O6/c1-23-15-18-39(34(43)44)20-19-37(6)27(32(39)24(23)2)12-13-30-36(5)22-28(41)33(35(3,4)29(36)16-17-38(30,37)7)45-31(42)14-11-25-9-8-10-26(40)21-25/h8-12,14,21,24,28-30,32-33,40-41H,1,13,15-20,22H2,2-7H3,(H,43,44)/b14-11-/t24-,28?,29-,30+,32-,33?,36-,37+,38+,39-/m0/s1. The lowest BCUT2D eigenvalue weighted by molar-refractivity contribution is -0.238. The van der Waals surface area contributed by atoms with Gasteiger partial charge in [-0.2, -0.15) is 0 Å². The molecule has 0 spiro atoms. The molecule has 0 bridgehead atoms. The molecule has 0 amide bonds. The summed E-state index contributed by atoms with van der Waals surface area (Å²) in [5, 5.41) is 32.1. The highest BCUT2D eigenvalue weighted by Gasteiger charge is 2.70. The minimum Gasteiger partial charge on any atom is -0.508 e. The van der Waals surface area contributed by atoms with E-state index in [1.54, 1.807) is 30.3 Å². The molecule has 10 atom stereocenters. The molecular weight excluding hydrogens is 564 g/mol. The van der Waals surface area contributed by atoms with Gasteiger partial charge in [0.2, 0.25) is 0 Å². The summed E-state index contributed by atoms with van der Waals surface area (Å²) >= 11 is 0. The van der Waals surface area contributed by atoms with E-state index < -0.39 is 35.0 Å². The van der Waals surface area contributed by atoms with Gasteiger partial charge in [0.1, 0.15) is 11.9 Å². The zero-order valence-electron chi connectivity index (χ0n) is 27.9. The molecule has 0 saturated heterocycles. The number of aromatic hydroxyl groups is 1. The number of carboxylic acid groups (broad SMARTS) is 1. The highest BCUT2D eigenvalue weighted by molar-refractivity contribution is 5.87. The quantitative estimate of drug-likeness (QED) is 0.180. The number of rotatable bonds is 4. The Labute approximate surface area is 268 Å². The van der Waals surface area contributed by atoms with Crippen LogP contribution in [0.15, 0.2) is 54.1 Å². The van der Waals surface area contributed by atoms with Gasteiger partial charge in [-0.25, -0.2) is 4.79 Å². The van der Waals surface area contributed by atoms with Crippen LogP contribution in [0.2, 0.25) is 0 Å². The molecule has 2 unspecified atom stereocenters. The highest BCUT2D eigenvalue weighted by atomic mass is 16.6. The van der Waals surface area contributed by atoms with Crippen molar-refractivity contribution in [1.82, 2.24) is 0 Å². The summed E-state index contributed by atoms with van der Waals surface area (Å²) in [5.41, 5.74) is 1.71. The predicted molar refractivity (Wildman–Crippen MR) is 175 cm³/mol. The number of aliphatic hydroxyl groups is 1. The fourth-order valence-corrected chi connectivity index (χ4v) is 11.9. The van der Waals surface area contributed by atoms with Crippen molar-refractivity contribution in [3.8, 4) is 5.75 Å². The van der Waals surface area contributed by atoms with Crippen molar-refractivity contribution in [2.75, 3.05) is 0 Å². The van der Waals surface area contributed by atoms with Crippen molar-refractivity contribution in [3.05, 3.63) is 59.7 Å². The van der Waals surface area contributed by atoms with Gasteiger partial charge in [0.25, 0.3) is 0 Å². The van der Waals surface area contributed by atoms with Gasteiger partial charge in [-0.1, -0.05) is 77.5 Å². The van der Waals surface area contributed by atoms with E-state index in [0.717, 1.165) is 32.1 Å². The number of ether oxygens (including phenoxy) is 1. The molecule has 3 N–H and O–H groups in total. The zero-order chi connectivity index (χ0) is 32.7. The van der Waals surface area contributed by atoms with Crippen LogP contribution in [-0.4, -0.2) is 39.5 Å². The van der Waals surface area contributed by atoms with Crippen molar-refractivity contribution in [2.24, 2.45) is 50.7 Å². The molecule has 4 saturated carbocycles. The van der Waals surface area contributed by atoms with E-state index in [1.165, 1.54) is 17.2 Å². The van der Waals surface area contributed by atoms with Gasteiger partial charge in [0, 0.05) is 17.4 Å². The van der Waals surface area contributed by atoms with Crippen LogP contribution in [0.5, 0.6) is 5.75 Å². The van der Waals surface area contributed by atoms with E-state index in [-0.39, 0.29) is 39.7 Å². The normalized spacial score (nSPS) is 43.7. The van der Waals surface area contributed by atoms with E-state index in [2.05, 4.69) is 54.2 Å². The van der Waals surface area contributed by atoms with Crippen LogP contribution in [0, 0.1) is 50.7 Å². The molecule has 5 aliphatic carbocycles. The number of hydrogen-bond donors (Lipinski definition) is 3. The van der Waals surface area contributed by atoms with Gasteiger partial charge in [0.05, 0.1) is 11.5 Å². The fraction of sp³-hybridized carbons (Fsp3) is 0.641. The first-order valence-corrected chi connectivity index (χ1v) is 17.0. The summed E-state index contributed by atoms with van der Waals surface area (Å²) in [6, 6.07) is 6.68. The van der Waals surface area contributed by atoms with Crippen molar-refractivity contribution >= 4 is 18.0 Å². The Morgan fingerprint density at radius 2 is 1.78 bits per heavy atom. The van der Waals surface area contributed by atoms with E-state index in [1.807, 2.05) is 0 Å². The Balaban J connectivity index is 1.30. The minimum atomic E-state index is -0.799. The van der Waals surface area contributed by atoms with Gasteiger partial charge in [-0.05, 0) is 109 Å². The number of carboxylic acids is 1. The topological polar surface area (TPSA) is 104 Å². The number of aliphatic hydroxyl groups excluding tert-OH is 1. The molecule has 0 radical (unpaired) electrons. The molecule has 0 heterocycles. The molecule has 45 heavy (non-hydrogen) atoms. The first-order valence-electron chi connectivity index (χ1n) is 17.0. The molecule has 1 aromatic carbocycles. The van der Waals surface area contributed by atoms with Crippen LogP contribution in [-0.2, 0) is 14.3 Å². The fourth-order valence-electron chi connectivity index (χ4n) is 11.9. The second kappa shape index (κ2) is 10.6. The highest BCUT2D eigenvalue weighted by Crippen LogP contribution is 2.75. The number of fused-ring (bicyclic) bond motifs is 7. The molecule has 0 aromatic heterocycles. The first kappa shape index (κ1) is 32.1. The van der Waals surface area contributed by atoms with Crippen molar-refractivity contribution in [1.29, 1.82) is 0 Å². The third-order valence-corrected chi connectivity index (χ3v) is 14.4. The maximum Gasteiger partial charge on any atom is 0.331 e. The van der Waals surface area contributed by atoms with Crippen LogP contribution >= 0.6 is 0 Å². The Morgan fingerprint density at radius 1 is 1.04 bits per heavy atom. The number of carbonyl (C=O) groups excluding carboxylic acids is 1. The third-order valence-electron chi connectivity index (χ3n) is 14.4. The van der Waals surface area contributed by atoms with Gasteiger partial charge in [-0.3, -0.25) is 4.79 Å². The maximum atomic E-state index is 13.0. The molecule has 244 valence electrons. The largest absolute Gasteiger partial charge is 0.508 e. The number of hydrogen-bond acceptors (Lipinski definition) is 5. The van der Waals surface area contributed by atoms with Gasteiger partial charge in [-0.15, -0.1) is 0 Å². The van der Waals surface area contributed by atoms with E-state index >= 15 is 0 Å². The number of esters is 1. The van der Waals surface area contributed by atoms with Crippen molar-refractivity contribution in [3.63, 3.8) is 0 Å². The number of allylic oxidation sites excluding steroid dienone is 3. The first-order chi connectivity index (χ1) is 21.0. The lowest BCUT2D eigenvalue weighted by atomic mass is 9.33. The molecule has 5 aliphatic rings. The predicted octanol–water partition coefficient (Wildman–Crippen LogP) is 7.95. The van der Waals surface area contributed by atoms with Crippen molar-refractivity contribution < 1.29 is 29.6 Å². The molecule has 6 nitrogen and oxygen atoms in total. The lowest BCUT2D eigenvalue weighted by Gasteiger charge is -2.71. The number of aliphatic carboxylic acids is 1. The van der Waals surface area contributed by atoms with E-state index in [9.17, 15) is 24.9 Å². The summed E-state index contributed by atoms with van der Waals surface area (Å²) in [7, 11) is 0. The summed E-state index contributed by atoms with van der Waals surface area (Å²) in [4.78, 5) is 26.0. The van der Waals surface area contributed by atoms with Crippen LogP contribution in [0.1, 0.15) is 98.5 Å². The van der Waals surface area contributed by atoms with Crippen LogP contribution in [0.3, 0.4) is 0 Å². The summed E-state index contributed by atoms with van der Waals surface area (Å²) in [5.74, 6) is -0.341.